The van der Waals surface area contributed by atoms with Gasteiger partial charge in [0.15, 0.2) is 0 Å². The van der Waals surface area contributed by atoms with Crippen LogP contribution in [0.25, 0.3) is 11.3 Å². The van der Waals surface area contributed by atoms with E-state index in [1.807, 2.05) is 46.7 Å². The lowest BCUT2D eigenvalue weighted by molar-refractivity contribution is 0.0642. The fraction of sp³-hybridized carbons (Fsp3) is 0.318. The number of ether oxygens (including phenoxy) is 1. The molecule has 0 aliphatic carbocycles. The van der Waals surface area contributed by atoms with Gasteiger partial charge in [-0.1, -0.05) is 18.2 Å². The van der Waals surface area contributed by atoms with E-state index in [2.05, 4.69) is 20.4 Å². The molecule has 3 heterocycles. The minimum Gasteiger partial charge on any atom is -0.496 e. The molecule has 4 rings (SSSR count). The second-order valence-electron chi connectivity index (χ2n) is 7.23. The van der Waals surface area contributed by atoms with E-state index >= 15 is 0 Å². The number of amides is 2. The summed E-state index contributed by atoms with van der Waals surface area (Å²) < 4.78 is 5.36. The molecule has 162 valence electrons. The smallest absolute Gasteiger partial charge is 0.269 e. The fourth-order valence-electron chi connectivity index (χ4n) is 3.59. The van der Waals surface area contributed by atoms with Gasteiger partial charge in [0.25, 0.3) is 11.8 Å². The number of hydrogen-bond acceptors (Lipinski definition) is 6. The zero-order valence-corrected chi connectivity index (χ0v) is 18.2. The minimum atomic E-state index is -0.194. The second kappa shape index (κ2) is 9.76. The van der Waals surface area contributed by atoms with Crippen LogP contribution in [0.1, 0.15) is 20.2 Å². The van der Waals surface area contributed by atoms with Crippen LogP contribution in [0.3, 0.4) is 0 Å². The van der Waals surface area contributed by atoms with Gasteiger partial charge in [0, 0.05) is 44.8 Å². The van der Waals surface area contributed by atoms with E-state index in [1.54, 1.807) is 13.2 Å². The molecule has 31 heavy (non-hydrogen) atoms. The van der Waals surface area contributed by atoms with Gasteiger partial charge in [-0.25, -0.2) is 0 Å². The number of aromatic nitrogens is 2. The van der Waals surface area contributed by atoms with Gasteiger partial charge in [-0.05, 0) is 29.6 Å². The number of rotatable bonds is 7. The number of para-hydroxylation sites is 1. The first kappa shape index (κ1) is 21.1. The van der Waals surface area contributed by atoms with Crippen LogP contribution in [0.5, 0.6) is 5.75 Å². The van der Waals surface area contributed by atoms with Crippen molar-refractivity contribution in [3.05, 3.63) is 58.4 Å². The number of H-pyrrole nitrogens is 1. The van der Waals surface area contributed by atoms with E-state index in [9.17, 15) is 9.59 Å². The van der Waals surface area contributed by atoms with E-state index in [0.29, 0.717) is 36.8 Å². The summed E-state index contributed by atoms with van der Waals surface area (Å²) in [5.41, 5.74) is 1.90. The summed E-state index contributed by atoms with van der Waals surface area (Å²) in [7, 11) is 1.61. The number of methoxy groups -OCH3 is 1. The molecular weight excluding hydrogens is 414 g/mol. The number of thiophene rings is 1. The lowest BCUT2D eigenvalue weighted by Crippen LogP contribution is -2.50. The molecule has 0 radical (unpaired) electrons. The first-order valence-corrected chi connectivity index (χ1v) is 11.1. The predicted molar refractivity (Wildman–Crippen MR) is 120 cm³/mol. The second-order valence-corrected chi connectivity index (χ2v) is 8.18. The first-order chi connectivity index (χ1) is 15.2. The molecule has 3 aromatic rings. The Morgan fingerprint density at radius 2 is 1.97 bits per heavy atom. The molecule has 2 amide bonds. The average molecular weight is 440 g/mol. The van der Waals surface area contributed by atoms with E-state index < -0.39 is 0 Å². The predicted octanol–water partition coefficient (Wildman–Crippen LogP) is 2.33. The van der Waals surface area contributed by atoms with Crippen LogP contribution in [0.2, 0.25) is 0 Å². The molecule has 0 saturated carbocycles. The maximum Gasteiger partial charge on any atom is 0.269 e. The first-order valence-electron chi connectivity index (χ1n) is 10.2. The molecule has 1 saturated heterocycles. The quantitative estimate of drug-likeness (QED) is 0.590. The molecule has 0 unspecified atom stereocenters. The van der Waals surface area contributed by atoms with Crippen molar-refractivity contribution in [1.82, 2.24) is 25.3 Å². The summed E-state index contributed by atoms with van der Waals surface area (Å²) in [4.78, 5) is 29.8. The van der Waals surface area contributed by atoms with Crippen LogP contribution in [0.4, 0.5) is 0 Å². The van der Waals surface area contributed by atoms with E-state index in [4.69, 9.17) is 4.74 Å². The normalized spacial score (nSPS) is 14.4. The van der Waals surface area contributed by atoms with Crippen LogP contribution >= 0.6 is 11.3 Å². The highest BCUT2D eigenvalue weighted by molar-refractivity contribution is 7.12. The molecule has 0 atom stereocenters. The standard InChI is InChI=1S/C22H25N5O3S/c1-30-19-6-3-2-5-16(19)17-15-18(25-24-17)21(28)23-8-9-26-10-12-27(13-11-26)22(29)20-7-4-14-31-20/h2-7,14-15H,8-13H2,1H3,(H,23,28)(H,24,25). The largest absolute Gasteiger partial charge is 0.496 e. The Bertz CT molecular complexity index is 1030. The molecule has 1 aliphatic rings. The SMILES string of the molecule is COc1ccccc1-c1cc(C(=O)NCCN2CCN(C(=O)c3cccs3)CC2)[nH]n1. The van der Waals surface area contributed by atoms with Crippen LogP contribution < -0.4 is 10.1 Å². The summed E-state index contributed by atoms with van der Waals surface area (Å²) >= 11 is 1.48. The Hall–Kier alpha value is -3.17. The third-order valence-electron chi connectivity index (χ3n) is 5.31. The van der Waals surface area contributed by atoms with Crippen LogP contribution in [-0.2, 0) is 0 Å². The molecular formula is C22H25N5O3S. The maximum atomic E-state index is 12.5. The van der Waals surface area contributed by atoms with Crippen LogP contribution in [0.15, 0.2) is 47.8 Å². The van der Waals surface area contributed by atoms with E-state index in [-0.39, 0.29) is 11.8 Å². The van der Waals surface area contributed by atoms with Gasteiger partial charge in [-0.15, -0.1) is 11.3 Å². The summed E-state index contributed by atoms with van der Waals surface area (Å²) in [6.07, 6.45) is 0. The highest BCUT2D eigenvalue weighted by Gasteiger charge is 2.22. The average Bonchev–Trinajstić information content (AvgIpc) is 3.51. The van der Waals surface area contributed by atoms with Gasteiger partial charge in [-0.3, -0.25) is 19.6 Å². The topological polar surface area (TPSA) is 90.6 Å². The van der Waals surface area contributed by atoms with Crippen molar-refractivity contribution in [3.63, 3.8) is 0 Å². The van der Waals surface area contributed by atoms with Gasteiger partial charge in [0.05, 0.1) is 17.7 Å². The monoisotopic (exact) mass is 439 g/mol. The maximum absolute atomic E-state index is 12.5. The Morgan fingerprint density at radius 3 is 2.71 bits per heavy atom. The van der Waals surface area contributed by atoms with Gasteiger partial charge in [0.1, 0.15) is 11.4 Å². The van der Waals surface area contributed by atoms with Crippen molar-refractivity contribution < 1.29 is 14.3 Å². The van der Waals surface area contributed by atoms with Crippen LogP contribution in [-0.4, -0.2) is 78.2 Å². The lowest BCUT2D eigenvalue weighted by Gasteiger charge is -2.34. The van der Waals surface area contributed by atoms with E-state index in [1.165, 1.54) is 11.3 Å². The molecule has 0 bridgehead atoms. The summed E-state index contributed by atoms with van der Waals surface area (Å²) in [6, 6.07) is 13.0. The van der Waals surface area contributed by atoms with Gasteiger partial charge in [-0.2, -0.15) is 5.10 Å². The number of carbonyl (C=O) groups excluding carboxylic acids is 2. The summed E-state index contributed by atoms with van der Waals surface area (Å²) in [5.74, 6) is 0.617. The zero-order valence-electron chi connectivity index (χ0n) is 17.3. The minimum absolute atomic E-state index is 0.105. The number of carbonyl (C=O) groups is 2. The van der Waals surface area contributed by atoms with Crippen molar-refractivity contribution in [2.45, 2.75) is 0 Å². The Morgan fingerprint density at radius 1 is 1.16 bits per heavy atom. The van der Waals surface area contributed by atoms with Crippen molar-refractivity contribution in [2.24, 2.45) is 0 Å². The Balaban J connectivity index is 1.23. The molecule has 1 fully saturated rings. The highest BCUT2D eigenvalue weighted by atomic mass is 32.1. The third kappa shape index (κ3) is 4.95. The molecule has 2 N–H and O–H groups in total. The van der Waals surface area contributed by atoms with Gasteiger partial charge in [0.2, 0.25) is 0 Å². The van der Waals surface area contributed by atoms with Crippen molar-refractivity contribution >= 4 is 23.2 Å². The fourth-order valence-corrected chi connectivity index (χ4v) is 4.28. The highest BCUT2D eigenvalue weighted by Crippen LogP contribution is 2.28. The Labute approximate surface area is 184 Å². The number of nitrogens with zero attached hydrogens (tertiary/aromatic N) is 3. The molecule has 2 aromatic heterocycles. The molecule has 8 nitrogen and oxygen atoms in total. The van der Waals surface area contributed by atoms with Gasteiger partial charge < -0.3 is 15.0 Å². The van der Waals surface area contributed by atoms with Crippen molar-refractivity contribution in [2.75, 3.05) is 46.4 Å². The molecule has 0 spiro atoms. The lowest BCUT2D eigenvalue weighted by atomic mass is 10.1. The van der Waals surface area contributed by atoms with E-state index in [0.717, 1.165) is 30.1 Å². The Kier molecular flexibility index (Phi) is 6.63. The number of benzene rings is 1. The number of nitrogens with one attached hydrogen (secondary N) is 2. The van der Waals surface area contributed by atoms with Crippen molar-refractivity contribution in [3.8, 4) is 17.0 Å². The molecule has 1 aliphatic heterocycles. The molecule has 1 aromatic carbocycles. The molecule has 9 heteroatoms. The number of aromatic amines is 1. The summed E-state index contributed by atoms with van der Waals surface area (Å²) in [5, 5.41) is 11.9. The van der Waals surface area contributed by atoms with Gasteiger partial charge >= 0.3 is 0 Å². The summed E-state index contributed by atoms with van der Waals surface area (Å²) in [6.45, 7) is 4.27. The third-order valence-corrected chi connectivity index (χ3v) is 6.17. The van der Waals surface area contributed by atoms with Crippen LogP contribution in [0, 0.1) is 0 Å². The van der Waals surface area contributed by atoms with Crippen molar-refractivity contribution in [1.29, 1.82) is 0 Å². The number of piperazine rings is 1. The number of hydrogen-bond donors (Lipinski definition) is 2. The zero-order chi connectivity index (χ0) is 21.6.